The van der Waals surface area contributed by atoms with Gasteiger partial charge in [-0.15, -0.1) is 0 Å². The first-order valence-electron chi connectivity index (χ1n) is 15.8. The van der Waals surface area contributed by atoms with Gasteiger partial charge in [-0.3, -0.25) is 0 Å². The molecular formula is C42H39N3. The van der Waals surface area contributed by atoms with Crippen LogP contribution in [0.4, 0.5) is 0 Å². The maximum atomic E-state index is 5.24. The highest BCUT2D eigenvalue weighted by atomic mass is 15.0. The van der Waals surface area contributed by atoms with Crippen LogP contribution in [0.3, 0.4) is 0 Å². The van der Waals surface area contributed by atoms with Crippen LogP contribution in [0.1, 0.15) is 52.7 Å². The first-order chi connectivity index (χ1) is 21.6. The minimum Gasteiger partial charge on any atom is -0.208 e. The topological polar surface area (TPSA) is 38.7 Å². The Morgan fingerprint density at radius 2 is 0.778 bits per heavy atom. The minimum absolute atomic E-state index is 0.0226. The Balaban J connectivity index is 1.50. The summed E-state index contributed by atoms with van der Waals surface area (Å²) < 4.78 is 0. The molecule has 1 aliphatic carbocycles. The van der Waals surface area contributed by atoms with Crippen molar-refractivity contribution in [2.45, 2.75) is 52.4 Å². The van der Waals surface area contributed by atoms with Crippen molar-refractivity contribution in [1.29, 1.82) is 0 Å². The Hall–Kier alpha value is -4.89. The van der Waals surface area contributed by atoms with Gasteiger partial charge < -0.3 is 0 Å². The molecule has 6 aromatic rings. The predicted molar refractivity (Wildman–Crippen MR) is 187 cm³/mol. The van der Waals surface area contributed by atoms with Crippen molar-refractivity contribution >= 4 is 0 Å². The molecule has 7 rings (SSSR count). The molecule has 0 atom stereocenters. The molecule has 0 unspecified atom stereocenters. The third-order valence-electron chi connectivity index (χ3n) is 10.9. The van der Waals surface area contributed by atoms with E-state index in [1.54, 1.807) is 0 Å². The van der Waals surface area contributed by atoms with E-state index in [0.717, 1.165) is 38.9 Å². The van der Waals surface area contributed by atoms with Gasteiger partial charge in [0.15, 0.2) is 17.5 Å². The minimum atomic E-state index is -0.0576. The molecule has 0 amide bonds. The van der Waals surface area contributed by atoms with Crippen LogP contribution in [0.2, 0.25) is 0 Å². The number of rotatable bonds is 5. The van der Waals surface area contributed by atoms with E-state index in [-0.39, 0.29) is 16.2 Å². The lowest BCUT2D eigenvalue weighted by Crippen LogP contribution is -2.42. The highest BCUT2D eigenvalue weighted by Crippen LogP contribution is 2.62. The van der Waals surface area contributed by atoms with Crippen LogP contribution in [0, 0.1) is 5.41 Å². The summed E-state index contributed by atoms with van der Waals surface area (Å²) in [6.45, 7) is 14.4. The molecule has 3 heteroatoms. The van der Waals surface area contributed by atoms with Gasteiger partial charge in [0.05, 0.1) is 0 Å². The number of benzene rings is 5. The Kier molecular flexibility index (Phi) is 6.81. The number of fused-ring (bicyclic) bond motifs is 1. The maximum Gasteiger partial charge on any atom is 0.164 e. The third-order valence-corrected chi connectivity index (χ3v) is 10.9. The zero-order chi connectivity index (χ0) is 31.4. The molecule has 0 saturated carbocycles. The van der Waals surface area contributed by atoms with Crippen molar-refractivity contribution in [2.75, 3.05) is 0 Å². The fourth-order valence-electron chi connectivity index (χ4n) is 6.94. The second kappa shape index (κ2) is 10.6. The van der Waals surface area contributed by atoms with E-state index in [2.05, 4.69) is 145 Å². The van der Waals surface area contributed by atoms with Gasteiger partial charge in [-0.2, -0.15) is 0 Å². The highest BCUT2D eigenvalue weighted by Gasteiger charge is 2.57. The lowest BCUT2D eigenvalue weighted by atomic mass is 9.59. The molecule has 0 spiro atoms. The predicted octanol–water partition coefficient (Wildman–Crippen LogP) is 10.8. The van der Waals surface area contributed by atoms with Crippen LogP contribution >= 0.6 is 0 Å². The van der Waals surface area contributed by atoms with Gasteiger partial charge in [0.2, 0.25) is 0 Å². The summed E-state index contributed by atoms with van der Waals surface area (Å²) in [4.78, 5) is 15.5. The van der Waals surface area contributed by atoms with Gasteiger partial charge in [-0.05, 0) is 67.8 Å². The molecule has 0 saturated heterocycles. The summed E-state index contributed by atoms with van der Waals surface area (Å²) in [5, 5.41) is 0. The Morgan fingerprint density at radius 3 is 1.36 bits per heavy atom. The average molecular weight is 586 g/mol. The SMILES string of the molecule is CC1(C)c2cc(-c3ccccc3)c(-c3nc(-c4ccccc4)nc(-c4cccc(-c5ccccc5)c4)n3)cc2C(C)(C)C1(C)C. The summed E-state index contributed by atoms with van der Waals surface area (Å²) in [6.07, 6.45) is 0. The zero-order valence-electron chi connectivity index (χ0n) is 27.0. The number of hydrogen-bond donors (Lipinski definition) is 0. The summed E-state index contributed by atoms with van der Waals surface area (Å²) in [5.74, 6) is 2.01. The lowest BCUT2D eigenvalue weighted by Gasteiger charge is -2.44. The first kappa shape index (κ1) is 28.9. The summed E-state index contributed by atoms with van der Waals surface area (Å²) in [5.41, 5.74) is 10.3. The van der Waals surface area contributed by atoms with Crippen molar-refractivity contribution in [2.24, 2.45) is 5.41 Å². The van der Waals surface area contributed by atoms with Gasteiger partial charge in [0, 0.05) is 16.7 Å². The monoisotopic (exact) mass is 585 g/mol. The fraction of sp³-hybridized carbons (Fsp3) is 0.214. The van der Waals surface area contributed by atoms with E-state index in [1.165, 1.54) is 11.1 Å². The Labute approximate surface area is 267 Å². The van der Waals surface area contributed by atoms with Gasteiger partial charge in [-0.1, -0.05) is 151 Å². The highest BCUT2D eigenvalue weighted by molar-refractivity contribution is 5.84. The molecule has 222 valence electrons. The van der Waals surface area contributed by atoms with Gasteiger partial charge in [-0.25, -0.2) is 15.0 Å². The molecular weight excluding hydrogens is 546 g/mol. The van der Waals surface area contributed by atoms with Crippen molar-refractivity contribution < 1.29 is 0 Å². The molecule has 0 radical (unpaired) electrons. The van der Waals surface area contributed by atoms with Crippen LogP contribution in [0.5, 0.6) is 0 Å². The van der Waals surface area contributed by atoms with Gasteiger partial charge >= 0.3 is 0 Å². The fourth-order valence-corrected chi connectivity index (χ4v) is 6.94. The molecule has 1 aliphatic rings. The lowest BCUT2D eigenvalue weighted by molar-refractivity contribution is 0.125. The molecule has 5 aromatic carbocycles. The number of aromatic nitrogens is 3. The second-order valence-electron chi connectivity index (χ2n) is 13.8. The van der Waals surface area contributed by atoms with Crippen LogP contribution in [-0.4, -0.2) is 15.0 Å². The molecule has 1 heterocycles. The molecule has 0 fully saturated rings. The standard InChI is InChI=1S/C42H39N3/c1-40(2)35-26-33(29-19-12-8-13-20-29)34(27-36(35)41(3,4)42(40,5)6)39-44-37(30-21-14-9-15-22-30)43-38(45-39)32-24-16-23-31(25-32)28-17-10-7-11-18-28/h7-27H,1-6H3. The van der Waals surface area contributed by atoms with Crippen molar-refractivity contribution in [3.63, 3.8) is 0 Å². The largest absolute Gasteiger partial charge is 0.208 e. The molecule has 3 nitrogen and oxygen atoms in total. The van der Waals surface area contributed by atoms with Crippen LogP contribution in [0.15, 0.2) is 127 Å². The van der Waals surface area contributed by atoms with E-state index in [4.69, 9.17) is 15.0 Å². The third kappa shape index (κ3) is 4.69. The maximum absolute atomic E-state index is 5.24. The molecule has 45 heavy (non-hydrogen) atoms. The molecule has 1 aromatic heterocycles. The van der Waals surface area contributed by atoms with Crippen LogP contribution in [-0.2, 0) is 10.8 Å². The number of nitrogens with zero attached hydrogens (tertiary/aromatic N) is 3. The Bertz CT molecular complexity index is 2010. The molecule has 0 aliphatic heterocycles. The summed E-state index contributed by atoms with van der Waals surface area (Å²) >= 11 is 0. The van der Waals surface area contributed by atoms with E-state index >= 15 is 0 Å². The summed E-state index contributed by atoms with van der Waals surface area (Å²) in [7, 11) is 0. The van der Waals surface area contributed by atoms with Crippen molar-refractivity contribution in [1.82, 2.24) is 15.0 Å². The molecule has 0 bridgehead atoms. The van der Waals surface area contributed by atoms with Gasteiger partial charge in [0.25, 0.3) is 0 Å². The van der Waals surface area contributed by atoms with Crippen molar-refractivity contribution in [3.8, 4) is 56.4 Å². The van der Waals surface area contributed by atoms with E-state index in [0.29, 0.717) is 17.5 Å². The second-order valence-corrected chi connectivity index (χ2v) is 13.8. The average Bonchev–Trinajstić information content (AvgIpc) is 3.18. The van der Waals surface area contributed by atoms with Gasteiger partial charge in [0.1, 0.15) is 0 Å². The quantitative estimate of drug-likeness (QED) is 0.202. The summed E-state index contributed by atoms with van der Waals surface area (Å²) in [6, 6.07) is 44.6. The van der Waals surface area contributed by atoms with Crippen LogP contribution < -0.4 is 0 Å². The molecule has 0 N–H and O–H groups in total. The van der Waals surface area contributed by atoms with Crippen molar-refractivity contribution in [3.05, 3.63) is 139 Å². The van der Waals surface area contributed by atoms with E-state index in [9.17, 15) is 0 Å². The Morgan fingerprint density at radius 1 is 0.356 bits per heavy atom. The first-order valence-corrected chi connectivity index (χ1v) is 15.8. The van der Waals surface area contributed by atoms with E-state index in [1.807, 2.05) is 24.3 Å². The van der Waals surface area contributed by atoms with E-state index < -0.39 is 0 Å². The number of hydrogen-bond acceptors (Lipinski definition) is 3. The smallest absolute Gasteiger partial charge is 0.164 e. The van der Waals surface area contributed by atoms with Crippen LogP contribution in [0.25, 0.3) is 56.4 Å². The zero-order valence-corrected chi connectivity index (χ0v) is 27.0. The normalized spacial score (nSPS) is 15.9.